The molecule has 1 fully saturated rings. The van der Waals surface area contributed by atoms with Crippen LogP contribution >= 0.6 is 0 Å². The van der Waals surface area contributed by atoms with Gasteiger partial charge in [0.1, 0.15) is 6.33 Å². The Kier molecular flexibility index (Phi) is 3.24. The van der Waals surface area contributed by atoms with E-state index in [-0.39, 0.29) is 5.41 Å². The lowest BCUT2D eigenvalue weighted by Crippen LogP contribution is -2.15. The molecular formula is C13H20N2O. The highest BCUT2D eigenvalue weighted by Gasteiger charge is 2.19. The number of hydrogen-bond donors (Lipinski definition) is 0. The highest BCUT2D eigenvalue weighted by Crippen LogP contribution is 2.22. The van der Waals surface area contributed by atoms with Crippen molar-refractivity contribution in [2.45, 2.75) is 39.0 Å². The Morgan fingerprint density at radius 2 is 2.19 bits per heavy atom. The topological polar surface area (TPSA) is 35.0 Å². The fourth-order valence-electron chi connectivity index (χ4n) is 1.96. The lowest BCUT2D eigenvalue weighted by Gasteiger charge is -2.18. The molecular weight excluding hydrogens is 200 g/mol. The smallest absolute Gasteiger partial charge is 0.115 e. The molecule has 0 radical (unpaired) electrons. The minimum atomic E-state index is 0.101. The summed E-state index contributed by atoms with van der Waals surface area (Å²) >= 11 is 0. The largest absolute Gasteiger partial charge is 0.381 e. The van der Waals surface area contributed by atoms with Crippen molar-refractivity contribution in [3.05, 3.63) is 23.8 Å². The Labute approximate surface area is 97.3 Å². The molecule has 0 spiro atoms. The van der Waals surface area contributed by atoms with E-state index in [1.807, 2.05) is 0 Å². The van der Waals surface area contributed by atoms with Gasteiger partial charge in [-0.15, -0.1) is 0 Å². The Morgan fingerprint density at radius 1 is 1.38 bits per heavy atom. The Balaban J connectivity index is 2.09. The van der Waals surface area contributed by atoms with Crippen LogP contribution in [0, 0.1) is 5.92 Å². The predicted molar refractivity (Wildman–Crippen MR) is 63.4 cm³/mol. The number of nitrogens with zero attached hydrogens (tertiary/aromatic N) is 2. The van der Waals surface area contributed by atoms with Crippen LogP contribution in [-0.4, -0.2) is 23.2 Å². The number of aromatic nitrogens is 2. The molecule has 1 unspecified atom stereocenters. The summed E-state index contributed by atoms with van der Waals surface area (Å²) in [5.74, 6) is 0.641. The first kappa shape index (κ1) is 11.5. The zero-order valence-electron chi connectivity index (χ0n) is 10.4. The molecule has 1 aliphatic heterocycles. The van der Waals surface area contributed by atoms with E-state index in [1.54, 1.807) is 6.33 Å². The number of hydrogen-bond acceptors (Lipinski definition) is 3. The van der Waals surface area contributed by atoms with Crippen molar-refractivity contribution < 1.29 is 4.74 Å². The van der Waals surface area contributed by atoms with Crippen molar-refractivity contribution in [2.75, 3.05) is 13.2 Å². The Hall–Kier alpha value is -0.960. The van der Waals surface area contributed by atoms with Gasteiger partial charge >= 0.3 is 0 Å². The summed E-state index contributed by atoms with van der Waals surface area (Å²) in [6.45, 7) is 8.32. The van der Waals surface area contributed by atoms with Crippen LogP contribution in [-0.2, 0) is 16.6 Å². The van der Waals surface area contributed by atoms with E-state index in [9.17, 15) is 0 Å². The summed E-state index contributed by atoms with van der Waals surface area (Å²) in [4.78, 5) is 8.69. The Bertz CT molecular complexity index is 351. The molecule has 1 aromatic rings. The normalized spacial score (nSPS) is 21.3. The van der Waals surface area contributed by atoms with Crippen LogP contribution < -0.4 is 0 Å². The molecule has 0 saturated carbocycles. The van der Waals surface area contributed by atoms with Crippen LogP contribution in [0.2, 0.25) is 0 Å². The summed E-state index contributed by atoms with van der Waals surface area (Å²) in [5.41, 5.74) is 2.37. The summed E-state index contributed by atoms with van der Waals surface area (Å²) in [5, 5.41) is 0. The fourth-order valence-corrected chi connectivity index (χ4v) is 1.96. The van der Waals surface area contributed by atoms with E-state index in [0.29, 0.717) is 5.92 Å². The van der Waals surface area contributed by atoms with Crippen molar-refractivity contribution in [1.82, 2.24) is 9.97 Å². The maximum atomic E-state index is 5.38. The van der Waals surface area contributed by atoms with Gasteiger partial charge in [0.05, 0.1) is 0 Å². The van der Waals surface area contributed by atoms with Gasteiger partial charge in [0.15, 0.2) is 0 Å². The fraction of sp³-hybridized carbons (Fsp3) is 0.692. The second-order valence-electron chi connectivity index (χ2n) is 5.58. The molecule has 0 bridgehead atoms. The molecule has 0 aliphatic carbocycles. The second-order valence-corrected chi connectivity index (χ2v) is 5.58. The lowest BCUT2D eigenvalue weighted by molar-refractivity contribution is 0.185. The minimum absolute atomic E-state index is 0.101. The zero-order chi connectivity index (χ0) is 11.6. The van der Waals surface area contributed by atoms with E-state index in [2.05, 4.69) is 36.8 Å². The average molecular weight is 220 g/mol. The second kappa shape index (κ2) is 4.50. The molecule has 1 saturated heterocycles. The molecule has 1 atom stereocenters. The molecule has 3 nitrogen and oxygen atoms in total. The monoisotopic (exact) mass is 220 g/mol. The summed E-state index contributed by atoms with van der Waals surface area (Å²) in [6.07, 6.45) is 3.87. The maximum Gasteiger partial charge on any atom is 0.115 e. The first-order valence-corrected chi connectivity index (χ1v) is 5.95. The molecule has 3 heteroatoms. The van der Waals surface area contributed by atoms with Crippen molar-refractivity contribution in [2.24, 2.45) is 5.92 Å². The minimum Gasteiger partial charge on any atom is -0.381 e. The summed E-state index contributed by atoms with van der Waals surface area (Å²) < 4.78 is 5.38. The van der Waals surface area contributed by atoms with Gasteiger partial charge < -0.3 is 4.74 Å². The van der Waals surface area contributed by atoms with Crippen LogP contribution in [0.25, 0.3) is 0 Å². The molecule has 0 amide bonds. The average Bonchev–Trinajstić information content (AvgIpc) is 2.70. The van der Waals surface area contributed by atoms with E-state index in [0.717, 1.165) is 37.4 Å². The van der Waals surface area contributed by atoms with Gasteiger partial charge in [-0.1, -0.05) is 20.8 Å². The molecule has 88 valence electrons. The van der Waals surface area contributed by atoms with Gasteiger partial charge in [0, 0.05) is 30.0 Å². The van der Waals surface area contributed by atoms with Crippen LogP contribution in [0.15, 0.2) is 12.4 Å². The van der Waals surface area contributed by atoms with Gasteiger partial charge in [0.2, 0.25) is 0 Å². The van der Waals surface area contributed by atoms with Crippen LogP contribution in [0.3, 0.4) is 0 Å². The van der Waals surface area contributed by atoms with E-state index in [4.69, 9.17) is 4.74 Å². The van der Waals surface area contributed by atoms with Crippen molar-refractivity contribution >= 4 is 0 Å². The lowest BCUT2D eigenvalue weighted by atomic mass is 9.90. The van der Waals surface area contributed by atoms with E-state index in [1.165, 1.54) is 0 Å². The standard InChI is InChI=1S/C13H20N2O/c1-13(2,3)12-7-11(14-9-15-12)6-10-4-5-16-8-10/h7,9-10H,4-6,8H2,1-3H3. The van der Waals surface area contributed by atoms with E-state index < -0.39 is 0 Å². The highest BCUT2D eigenvalue weighted by atomic mass is 16.5. The number of rotatable bonds is 2. The molecule has 0 aromatic carbocycles. The predicted octanol–water partition coefficient (Wildman–Crippen LogP) is 2.35. The van der Waals surface area contributed by atoms with Crippen LogP contribution in [0.1, 0.15) is 38.6 Å². The molecule has 16 heavy (non-hydrogen) atoms. The quantitative estimate of drug-likeness (QED) is 0.767. The highest BCUT2D eigenvalue weighted by molar-refractivity contribution is 5.16. The molecule has 2 heterocycles. The maximum absolute atomic E-state index is 5.38. The van der Waals surface area contributed by atoms with Gasteiger partial charge in [0.25, 0.3) is 0 Å². The third-order valence-corrected chi connectivity index (χ3v) is 3.01. The third-order valence-electron chi connectivity index (χ3n) is 3.01. The van der Waals surface area contributed by atoms with Crippen molar-refractivity contribution in [1.29, 1.82) is 0 Å². The first-order valence-electron chi connectivity index (χ1n) is 5.95. The summed E-state index contributed by atoms with van der Waals surface area (Å²) in [6, 6.07) is 2.14. The first-order chi connectivity index (χ1) is 7.55. The van der Waals surface area contributed by atoms with Gasteiger partial charge in [-0.05, 0) is 24.8 Å². The van der Waals surface area contributed by atoms with Gasteiger partial charge in [-0.2, -0.15) is 0 Å². The van der Waals surface area contributed by atoms with Gasteiger partial charge in [-0.3, -0.25) is 0 Å². The summed E-state index contributed by atoms with van der Waals surface area (Å²) in [7, 11) is 0. The third kappa shape index (κ3) is 2.79. The number of ether oxygens (including phenoxy) is 1. The molecule has 1 aliphatic rings. The van der Waals surface area contributed by atoms with Crippen LogP contribution in [0.5, 0.6) is 0 Å². The molecule has 1 aromatic heterocycles. The SMILES string of the molecule is CC(C)(C)c1cc(CC2CCOC2)ncn1. The molecule has 0 N–H and O–H groups in total. The zero-order valence-corrected chi connectivity index (χ0v) is 10.4. The Morgan fingerprint density at radius 3 is 2.81 bits per heavy atom. The van der Waals surface area contributed by atoms with Crippen LogP contribution in [0.4, 0.5) is 0 Å². The molecule has 2 rings (SSSR count). The van der Waals surface area contributed by atoms with Crippen molar-refractivity contribution in [3.8, 4) is 0 Å². The van der Waals surface area contributed by atoms with Crippen molar-refractivity contribution in [3.63, 3.8) is 0 Å². The van der Waals surface area contributed by atoms with Gasteiger partial charge in [-0.25, -0.2) is 9.97 Å². The van der Waals surface area contributed by atoms with E-state index >= 15 is 0 Å².